The molecular formula is C28H26N4O5S2. The predicted octanol–water partition coefficient (Wildman–Crippen LogP) is 4.99. The number of hydrogen-bond donors (Lipinski definition) is 2. The zero-order valence-corrected chi connectivity index (χ0v) is 23.0. The minimum absolute atomic E-state index is 0.345. The van der Waals surface area contributed by atoms with Crippen LogP contribution >= 0.6 is 12.2 Å². The van der Waals surface area contributed by atoms with E-state index in [1.54, 1.807) is 36.5 Å². The van der Waals surface area contributed by atoms with Gasteiger partial charge < -0.3 is 19.4 Å². The zero-order chi connectivity index (χ0) is 27.7. The maximum absolute atomic E-state index is 12.4. The number of esters is 1. The first-order chi connectivity index (χ1) is 18.7. The predicted molar refractivity (Wildman–Crippen MR) is 153 cm³/mol. The number of sulfonamides is 1. The van der Waals surface area contributed by atoms with Crippen LogP contribution in [-0.2, 0) is 14.8 Å². The number of hydrogen-bond acceptors (Lipinski definition) is 7. The van der Waals surface area contributed by atoms with Crippen molar-refractivity contribution in [2.75, 3.05) is 23.0 Å². The fraction of sp³-hybridized carbons (Fsp3) is 0.179. The van der Waals surface area contributed by atoms with Gasteiger partial charge in [-0.3, -0.25) is 9.71 Å². The lowest BCUT2D eigenvalue weighted by atomic mass is 10.0. The van der Waals surface area contributed by atoms with Crippen LogP contribution in [0.5, 0.6) is 0 Å². The van der Waals surface area contributed by atoms with Gasteiger partial charge in [0, 0.05) is 17.4 Å². The van der Waals surface area contributed by atoms with Gasteiger partial charge in [-0.1, -0.05) is 24.3 Å². The molecule has 0 bridgehead atoms. The van der Waals surface area contributed by atoms with E-state index >= 15 is 0 Å². The molecule has 2 aromatic carbocycles. The normalized spacial score (nSPS) is 17.1. The SMILES string of the molecule is COC(=O)c1ccccc1-c1ccc([C@H]2[C@H](c3ccccn3)NC(=S)N2c2ccc(NS(C)(=O)=O)c(C)c2)o1. The Labute approximate surface area is 231 Å². The number of carbonyl (C=O) groups excluding carboxylic acids is 1. The lowest BCUT2D eigenvalue weighted by molar-refractivity contribution is 0.0601. The van der Waals surface area contributed by atoms with Crippen molar-refractivity contribution in [3.63, 3.8) is 0 Å². The summed E-state index contributed by atoms with van der Waals surface area (Å²) in [5, 5.41) is 3.84. The zero-order valence-electron chi connectivity index (χ0n) is 21.4. The van der Waals surface area contributed by atoms with Crippen molar-refractivity contribution in [3.05, 3.63) is 102 Å². The Morgan fingerprint density at radius 3 is 2.56 bits per heavy atom. The molecule has 2 aromatic heterocycles. The van der Waals surface area contributed by atoms with Crippen LogP contribution in [0, 0.1) is 6.92 Å². The number of thiocarbonyl (C=S) groups is 1. The summed E-state index contributed by atoms with van der Waals surface area (Å²) in [6, 6.07) is 21.0. The van der Waals surface area contributed by atoms with Crippen molar-refractivity contribution in [2.24, 2.45) is 0 Å². The highest BCUT2D eigenvalue weighted by Crippen LogP contribution is 2.43. The summed E-state index contributed by atoms with van der Waals surface area (Å²) >= 11 is 5.78. The average Bonchev–Trinajstić information content (AvgIpc) is 3.54. The standard InChI is InChI=1S/C28H26N4O5S2/c1-17-16-18(11-12-21(17)31-39(3,34)35)32-26(25(30-28(32)38)22-10-6-7-15-29-22)24-14-13-23(37-24)19-8-4-5-9-20(19)27(33)36-2/h4-16,25-26,31H,1-3H3,(H,30,38)/t25-,26-/m0/s1. The molecule has 9 nitrogen and oxygen atoms in total. The van der Waals surface area contributed by atoms with Crippen LogP contribution in [0.15, 0.2) is 83.4 Å². The molecule has 0 aliphatic carbocycles. The third-order valence-corrected chi connectivity index (χ3v) is 7.30. The molecule has 1 aliphatic heterocycles. The van der Waals surface area contributed by atoms with Crippen molar-refractivity contribution < 1.29 is 22.4 Å². The summed E-state index contributed by atoms with van der Waals surface area (Å²) in [5.74, 6) is 0.648. The van der Waals surface area contributed by atoms with E-state index in [9.17, 15) is 13.2 Å². The molecule has 0 saturated carbocycles. The van der Waals surface area contributed by atoms with Crippen LogP contribution in [0.2, 0.25) is 0 Å². The Morgan fingerprint density at radius 2 is 1.87 bits per heavy atom. The summed E-state index contributed by atoms with van der Waals surface area (Å²) in [6.45, 7) is 1.82. The van der Waals surface area contributed by atoms with Gasteiger partial charge in [-0.05, 0) is 73.2 Å². The van der Waals surface area contributed by atoms with Crippen LogP contribution in [0.1, 0.15) is 39.5 Å². The molecule has 2 N–H and O–H groups in total. The monoisotopic (exact) mass is 562 g/mol. The first-order valence-electron chi connectivity index (χ1n) is 12.0. The highest BCUT2D eigenvalue weighted by atomic mass is 32.2. The molecule has 3 heterocycles. The number of anilines is 2. The summed E-state index contributed by atoms with van der Waals surface area (Å²) in [5.41, 5.74) is 3.73. The van der Waals surface area contributed by atoms with Crippen LogP contribution in [0.25, 0.3) is 11.3 Å². The largest absolute Gasteiger partial charge is 0.465 e. The number of rotatable bonds is 7. The van der Waals surface area contributed by atoms with E-state index in [0.717, 1.165) is 23.2 Å². The van der Waals surface area contributed by atoms with Crippen molar-refractivity contribution in [1.29, 1.82) is 0 Å². The fourth-order valence-corrected chi connectivity index (χ4v) is 5.65. The molecule has 11 heteroatoms. The molecule has 5 rings (SSSR count). The van der Waals surface area contributed by atoms with E-state index in [2.05, 4.69) is 15.0 Å². The van der Waals surface area contributed by atoms with Gasteiger partial charge in [-0.2, -0.15) is 0 Å². The van der Waals surface area contributed by atoms with Gasteiger partial charge in [-0.15, -0.1) is 0 Å². The molecule has 0 amide bonds. The lowest BCUT2D eigenvalue weighted by Crippen LogP contribution is -2.29. The maximum Gasteiger partial charge on any atom is 0.338 e. The first-order valence-corrected chi connectivity index (χ1v) is 14.3. The Hall–Kier alpha value is -4.22. The van der Waals surface area contributed by atoms with Crippen molar-refractivity contribution >= 4 is 44.7 Å². The van der Waals surface area contributed by atoms with Crippen LogP contribution < -0.4 is 14.9 Å². The Balaban J connectivity index is 1.59. The number of ether oxygens (including phenoxy) is 1. The van der Waals surface area contributed by atoms with Gasteiger partial charge >= 0.3 is 5.97 Å². The topological polar surface area (TPSA) is 114 Å². The van der Waals surface area contributed by atoms with Gasteiger partial charge in [0.2, 0.25) is 10.0 Å². The number of furan rings is 1. The van der Waals surface area contributed by atoms with Gasteiger partial charge in [0.15, 0.2) is 5.11 Å². The molecule has 39 heavy (non-hydrogen) atoms. The van der Waals surface area contributed by atoms with Crippen molar-refractivity contribution in [1.82, 2.24) is 10.3 Å². The van der Waals surface area contributed by atoms with Gasteiger partial charge in [0.05, 0.1) is 36.4 Å². The van der Waals surface area contributed by atoms with Gasteiger partial charge in [0.1, 0.15) is 17.6 Å². The first kappa shape index (κ1) is 26.4. The molecule has 200 valence electrons. The number of methoxy groups -OCH3 is 1. The number of carbonyl (C=O) groups is 1. The van der Waals surface area contributed by atoms with E-state index < -0.39 is 22.0 Å². The second-order valence-electron chi connectivity index (χ2n) is 9.11. The second-order valence-corrected chi connectivity index (χ2v) is 11.2. The average molecular weight is 563 g/mol. The molecule has 1 saturated heterocycles. The molecule has 0 radical (unpaired) electrons. The van der Waals surface area contributed by atoms with E-state index in [4.69, 9.17) is 21.4 Å². The van der Waals surface area contributed by atoms with E-state index in [0.29, 0.717) is 33.4 Å². The molecule has 2 atom stereocenters. The van der Waals surface area contributed by atoms with Crippen LogP contribution in [0.3, 0.4) is 0 Å². The fourth-order valence-electron chi connectivity index (χ4n) is 4.68. The van der Waals surface area contributed by atoms with Crippen molar-refractivity contribution in [3.8, 4) is 11.3 Å². The van der Waals surface area contributed by atoms with Crippen LogP contribution in [0.4, 0.5) is 11.4 Å². The summed E-state index contributed by atoms with van der Waals surface area (Å²) in [6.07, 6.45) is 2.83. The van der Waals surface area contributed by atoms with Gasteiger partial charge in [0.25, 0.3) is 0 Å². The molecule has 1 aliphatic rings. The number of nitrogens with zero attached hydrogens (tertiary/aromatic N) is 2. The van der Waals surface area contributed by atoms with Crippen molar-refractivity contribution in [2.45, 2.75) is 19.0 Å². The van der Waals surface area contributed by atoms with E-state index in [-0.39, 0.29) is 6.04 Å². The molecule has 0 unspecified atom stereocenters. The molecule has 0 spiro atoms. The number of pyridine rings is 1. The third kappa shape index (κ3) is 5.36. The smallest absolute Gasteiger partial charge is 0.338 e. The third-order valence-electron chi connectivity index (χ3n) is 6.40. The molecule has 4 aromatic rings. The lowest BCUT2D eigenvalue weighted by Gasteiger charge is -2.27. The van der Waals surface area contributed by atoms with Gasteiger partial charge in [-0.25, -0.2) is 13.2 Å². The quantitative estimate of drug-likeness (QED) is 0.238. The summed E-state index contributed by atoms with van der Waals surface area (Å²) < 4.78 is 37.5. The highest BCUT2D eigenvalue weighted by Gasteiger charge is 2.42. The molecular weight excluding hydrogens is 536 g/mol. The second kappa shape index (κ2) is 10.5. The van der Waals surface area contributed by atoms with E-state index in [1.165, 1.54) is 7.11 Å². The summed E-state index contributed by atoms with van der Waals surface area (Å²) in [4.78, 5) is 18.9. The van der Waals surface area contributed by atoms with E-state index in [1.807, 2.05) is 54.3 Å². The Bertz CT molecular complexity index is 1650. The maximum atomic E-state index is 12.4. The highest BCUT2D eigenvalue weighted by molar-refractivity contribution is 7.92. The number of aryl methyl sites for hydroxylation is 1. The Morgan fingerprint density at radius 1 is 1.10 bits per heavy atom. The Kier molecular flexibility index (Phi) is 7.11. The number of aromatic nitrogens is 1. The number of benzene rings is 2. The minimum Gasteiger partial charge on any atom is -0.465 e. The summed E-state index contributed by atoms with van der Waals surface area (Å²) in [7, 11) is -2.09. The minimum atomic E-state index is -3.43. The number of nitrogens with one attached hydrogen (secondary N) is 2. The van der Waals surface area contributed by atoms with Crippen LogP contribution in [-0.4, -0.2) is 37.8 Å². The molecule has 1 fully saturated rings.